The number of hydrogen-bond acceptors (Lipinski definition) is 9. The lowest BCUT2D eigenvalue weighted by Gasteiger charge is -2.18. The first kappa shape index (κ1) is 22.2. The van der Waals surface area contributed by atoms with Crippen molar-refractivity contribution in [3.63, 3.8) is 0 Å². The van der Waals surface area contributed by atoms with Crippen LogP contribution in [-0.2, 0) is 14.8 Å². The molecule has 33 heavy (non-hydrogen) atoms. The van der Waals surface area contributed by atoms with Gasteiger partial charge in [-0.3, -0.25) is 4.79 Å². The molecule has 0 saturated carbocycles. The van der Waals surface area contributed by atoms with Gasteiger partial charge in [-0.1, -0.05) is 17.7 Å². The van der Waals surface area contributed by atoms with Crippen molar-refractivity contribution in [2.75, 3.05) is 24.5 Å². The first-order valence-corrected chi connectivity index (χ1v) is 11.3. The van der Waals surface area contributed by atoms with Gasteiger partial charge in [-0.15, -0.1) is 0 Å². The van der Waals surface area contributed by atoms with E-state index in [2.05, 4.69) is 14.7 Å². The van der Waals surface area contributed by atoms with Crippen LogP contribution in [0, 0.1) is 6.92 Å². The van der Waals surface area contributed by atoms with Crippen LogP contribution in [0.4, 0.5) is 5.95 Å². The number of esters is 1. The second-order valence-electron chi connectivity index (χ2n) is 7.07. The number of benzene rings is 2. The molecule has 2 aromatic carbocycles. The zero-order valence-corrected chi connectivity index (χ0v) is 18.3. The summed E-state index contributed by atoms with van der Waals surface area (Å²) in [5.41, 5.74) is 1.19. The minimum Gasteiger partial charge on any atom is -0.486 e. The third-order valence-electron chi connectivity index (χ3n) is 4.64. The van der Waals surface area contributed by atoms with Gasteiger partial charge in [-0.05, 0) is 37.3 Å². The van der Waals surface area contributed by atoms with E-state index in [9.17, 15) is 18.0 Å². The molecule has 4 rings (SSSR count). The lowest BCUT2D eigenvalue weighted by Crippen LogP contribution is -2.18. The third-order valence-corrected chi connectivity index (χ3v) is 5.99. The molecule has 3 aromatic rings. The maximum atomic E-state index is 12.4. The minimum absolute atomic E-state index is 0.0386. The van der Waals surface area contributed by atoms with Gasteiger partial charge in [0.05, 0.1) is 10.5 Å². The molecule has 1 aliphatic heterocycles. The van der Waals surface area contributed by atoms with Crippen molar-refractivity contribution in [1.82, 2.24) is 9.97 Å². The number of sulfonamides is 1. The Kier molecular flexibility index (Phi) is 6.22. The van der Waals surface area contributed by atoms with Crippen molar-refractivity contribution in [2.45, 2.75) is 11.8 Å². The number of fused-ring (bicyclic) bond motifs is 1. The fourth-order valence-corrected chi connectivity index (χ4v) is 3.86. The SMILES string of the molecule is Cc1ccc(S(=O)(=O)Nc2ncc(C(=O)OCC(=O)c3ccc4c(c3)OCCO4)cn2)cc1. The zero-order chi connectivity index (χ0) is 23.4. The standard InChI is InChI=1S/C22H19N3O7S/c1-14-2-5-17(6-3-14)33(28,29)25-22-23-11-16(12-24-22)21(27)32-13-18(26)15-4-7-19-20(10-15)31-9-8-30-19/h2-7,10-12H,8-9,13H2,1H3,(H,23,24,25). The molecule has 0 bridgehead atoms. The number of carbonyl (C=O) groups is 2. The van der Waals surface area contributed by atoms with Crippen molar-refractivity contribution in [3.05, 3.63) is 71.5 Å². The van der Waals surface area contributed by atoms with Crippen LogP contribution in [0.15, 0.2) is 59.8 Å². The maximum absolute atomic E-state index is 12.4. The summed E-state index contributed by atoms with van der Waals surface area (Å²) < 4.78 is 42.9. The van der Waals surface area contributed by atoms with Gasteiger partial charge >= 0.3 is 5.97 Å². The quantitative estimate of drug-likeness (QED) is 0.409. The molecule has 1 aromatic heterocycles. The normalized spacial score (nSPS) is 12.6. The summed E-state index contributed by atoms with van der Waals surface area (Å²) in [6.45, 7) is 2.16. The molecule has 0 aliphatic carbocycles. The monoisotopic (exact) mass is 469 g/mol. The summed E-state index contributed by atoms with van der Waals surface area (Å²) >= 11 is 0. The van der Waals surface area contributed by atoms with Gasteiger partial charge in [0.15, 0.2) is 23.9 Å². The van der Waals surface area contributed by atoms with Crippen LogP contribution in [0.2, 0.25) is 0 Å². The number of nitrogens with one attached hydrogen (secondary N) is 1. The number of nitrogens with zero attached hydrogens (tertiary/aromatic N) is 2. The van der Waals surface area contributed by atoms with Gasteiger partial charge in [0.25, 0.3) is 10.0 Å². The Morgan fingerprint density at radius 3 is 2.33 bits per heavy atom. The molecule has 0 atom stereocenters. The number of aryl methyl sites for hydroxylation is 1. The summed E-state index contributed by atoms with van der Waals surface area (Å²) in [5, 5.41) is 0. The van der Waals surface area contributed by atoms with Crippen molar-refractivity contribution in [1.29, 1.82) is 0 Å². The lowest BCUT2D eigenvalue weighted by molar-refractivity contribution is 0.0473. The highest BCUT2D eigenvalue weighted by Gasteiger charge is 2.18. The molecule has 2 heterocycles. The highest BCUT2D eigenvalue weighted by atomic mass is 32.2. The Balaban J connectivity index is 1.35. The average Bonchev–Trinajstić information content (AvgIpc) is 2.82. The van der Waals surface area contributed by atoms with E-state index in [-0.39, 0.29) is 16.4 Å². The van der Waals surface area contributed by atoms with E-state index in [0.717, 1.165) is 18.0 Å². The van der Waals surface area contributed by atoms with Crippen molar-refractivity contribution < 1.29 is 32.2 Å². The Morgan fingerprint density at radius 1 is 0.970 bits per heavy atom. The summed E-state index contributed by atoms with van der Waals surface area (Å²) in [5.74, 6) is -0.461. The molecule has 11 heteroatoms. The van der Waals surface area contributed by atoms with Crippen LogP contribution in [0.1, 0.15) is 26.3 Å². The van der Waals surface area contributed by atoms with Gasteiger partial charge in [0, 0.05) is 18.0 Å². The van der Waals surface area contributed by atoms with Crippen LogP contribution in [-0.4, -0.2) is 50.0 Å². The van der Waals surface area contributed by atoms with E-state index in [1.54, 1.807) is 24.3 Å². The number of hydrogen-bond donors (Lipinski definition) is 1. The predicted molar refractivity (Wildman–Crippen MR) is 116 cm³/mol. The number of Topliss-reactive ketones (excluding diaryl/α,β-unsaturated/α-hetero) is 1. The van der Waals surface area contributed by atoms with Gasteiger partial charge in [-0.25, -0.2) is 27.9 Å². The fourth-order valence-electron chi connectivity index (χ4n) is 2.90. The van der Waals surface area contributed by atoms with E-state index in [1.165, 1.54) is 18.2 Å². The molecule has 0 spiro atoms. The largest absolute Gasteiger partial charge is 0.486 e. The Morgan fingerprint density at radius 2 is 1.64 bits per heavy atom. The van der Waals surface area contributed by atoms with E-state index in [1.807, 2.05) is 6.92 Å². The number of anilines is 1. The molecule has 1 aliphatic rings. The molecule has 170 valence electrons. The maximum Gasteiger partial charge on any atom is 0.341 e. The second-order valence-corrected chi connectivity index (χ2v) is 8.75. The lowest BCUT2D eigenvalue weighted by atomic mass is 10.1. The zero-order valence-electron chi connectivity index (χ0n) is 17.5. The van der Waals surface area contributed by atoms with Crippen LogP contribution in [0.25, 0.3) is 0 Å². The second kappa shape index (κ2) is 9.25. The molecular formula is C22H19N3O7S. The first-order valence-electron chi connectivity index (χ1n) is 9.83. The number of carbonyl (C=O) groups excluding carboxylic acids is 2. The Hall–Kier alpha value is -3.99. The van der Waals surface area contributed by atoms with Crippen molar-refractivity contribution in [2.24, 2.45) is 0 Å². The topological polar surface area (TPSA) is 134 Å². The summed E-state index contributed by atoms with van der Waals surface area (Å²) in [7, 11) is -3.88. The number of ether oxygens (including phenoxy) is 3. The molecule has 0 amide bonds. The number of rotatable bonds is 7. The van der Waals surface area contributed by atoms with Gasteiger partial charge in [-0.2, -0.15) is 0 Å². The van der Waals surface area contributed by atoms with Crippen molar-refractivity contribution in [3.8, 4) is 11.5 Å². The van der Waals surface area contributed by atoms with Gasteiger partial charge < -0.3 is 14.2 Å². The van der Waals surface area contributed by atoms with Crippen LogP contribution >= 0.6 is 0 Å². The fraction of sp³-hybridized carbons (Fsp3) is 0.182. The average molecular weight is 469 g/mol. The minimum atomic E-state index is -3.88. The van der Waals surface area contributed by atoms with Crippen LogP contribution in [0.5, 0.6) is 11.5 Å². The number of aromatic nitrogens is 2. The van der Waals surface area contributed by atoms with E-state index in [0.29, 0.717) is 30.3 Å². The molecule has 1 N–H and O–H groups in total. The van der Waals surface area contributed by atoms with E-state index >= 15 is 0 Å². The Bertz CT molecular complexity index is 1290. The van der Waals surface area contributed by atoms with Crippen LogP contribution < -0.4 is 14.2 Å². The number of ketones is 1. The Labute approximate surface area is 189 Å². The molecule has 0 fully saturated rings. The smallest absolute Gasteiger partial charge is 0.341 e. The first-order chi connectivity index (χ1) is 15.8. The summed E-state index contributed by atoms with van der Waals surface area (Å²) in [4.78, 5) is 32.3. The molecular weight excluding hydrogens is 450 g/mol. The predicted octanol–water partition coefficient (Wildman–Crippen LogP) is 2.40. The van der Waals surface area contributed by atoms with Crippen LogP contribution in [0.3, 0.4) is 0 Å². The van der Waals surface area contributed by atoms with Crippen molar-refractivity contribution >= 4 is 27.7 Å². The van der Waals surface area contributed by atoms with E-state index < -0.39 is 28.4 Å². The third kappa shape index (κ3) is 5.26. The molecule has 0 saturated heterocycles. The molecule has 10 nitrogen and oxygen atoms in total. The molecule has 0 unspecified atom stereocenters. The highest BCUT2D eigenvalue weighted by molar-refractivity contribution is 7.92. The molecule has 0 radical (unpaired) electrons. The van der Waals surface area contributed by atoms with E-state index in [4.69, 9.17) is 14.2 Å². The summed E-state index contributed by atoms with van der Waals surface area (Å²) in [6, 6.07) is 11.0. The van der Waals surface area contributed by atoms with Gasteiger partial charge in [0.1, 0.15) is 13.2 Å². The highest BCUT2D eigenvalue weighted by Crippen LogP contribution is 2.30. The summed E-state index contributed by atoms with van der Waals surface area (Å²) in [6.07, 6.45) is 2.22. The van der Waals surface area contributed by atoms with Gasteiger partial charge in [0.2, 0.25) is 5.95 Å².